The summed E-state index contributed by atoms with van der Waals surface area (Å²) < 4.78 is 0. The Hall–Kier alpha value is -1.34. The van der Waals surface area contributed by atoms with Gasteiger partial charge >= 0.3 is 0 Å². The van der Waals surface area contributed by atoms with E-state index in [0.717, 1.165) is 41.1 Å². The number of hydrogen-bond acceptors (Lipinski definition) is 5. The number of aryl methyl sites for hydroxylation is 2. The Bertz CT molecular complexity index is 812. The second kappa shape index (κ2) is 7.27. The lowest BCUT2D eigenvalue weighted by Gasteiger charge is -2.35. The summed E-state index contributed by atoms with van der Waals surface area (Å²) in [6, 6.07) is 0.365. The maximum Gasteiger partial charge on any atom is 0.260 e. The van der Waals surface area contributed by atoms with E-state index in [9.17, 15) is 9.59 Å². The smallest absolute Gasteiger partial charge is 0.260 e. The number of amides is 1. The Morgan fingerprint density at radius 3 is 2.96 bits per heavy atom. The van der Waals surface area contributed by atoms with Crippen molar-refractivity contribution in [2.75, 3.05) is 12.3 Å². The summed E-state index contributed by atoms with van der Waals surface area (Å²) >= 11 is 2.86. The van der Waals surface area contributed by atoms with Crippen LogP contribution in [0.25, 0.3) is 10.2 Å². The molecule has 1 atom stereocenters. The van der Waals surface area contributed by atoms with Crippen molar-refractivity contribution in [1.82, 2.24) is 14.9 Å². The molecule has 3 heterocycles. The quantitative estimate of drug-likeness (QED) is 0.665. The highest BCUT2D eigenvalue weighted by Crippen LogP contribution is 2.27. The third kappa shape index (κ3) is 3.37. The molecule has 1 saturated heterocycles. The van der Waals surface area contributed by atoms with Gasteiger partial charge in [0.05, 0.1) is 11.1 Å². The van der Waals surface area contributed by atoms with Crippen LogP contribution in [0.15, 0.2) is 9.95 Å². The van der Waals surface area contributed by atoms with E-state index in [4.69, 9.17) is 0 Å². The summed E-state index contributed by atoms with van der Waals surface area (Å²) in [4.78, 5) is 36.0. The van der Waals surface area contributed by atoms with Gasteiger partial charge in [-0.3, -0.25) is 9.59 Å². The summed E-state index contributed by atoms with van der Waals surface area (Å²) in [5, 5.41) is 1.21. The van der Waals surface area contributed by atoms with E-state index in [-0.39, 0.29) is 11.5 Å². The molecule has 24 heavy (non-hydrogen) atoms. The minimum absolute atomic E-state index is 0.110. The summed E-state index contributed by atoms with van der Waals surface area (Å²) in [6.45, 7) is 6.93. The highest BCUT2D eigenvalue weighted by atomic mass is 32.2. The summed E-state index contributed by atoms with van der Waals surface area (Å²) in [5.41, 5.74) is 0.886. The molecule has 1 aliphatic heterocycles. The van der Waals surface area contributed by atoms with E-state index in [2.05, 4.69) is 16.9 Å². The molecule has 3 rings (SSSR count). The molecule has 0 bridgehead atoms. The largest absolute Gasteiger partial charge is 0.339 e. The Balaban J connectivity index is 1.73. The fourth-order valence-corrected chi connectivity index (χ4v) is 5.10. The van der Waals surface area contributed by atoms with Gasteiger partial charge in [-0.05, 0) is 45.1 Å². The molecule has 2 aromatic rings. The van der Waals surface area contributed by atoms with Crippen LogP contribution in [0.3, 0.4) is 0 Å². The first kappa shape index (κ1) is 17.5. The average molecular weight is 366 g/mol. The summed E-state index contributed by atoms with van der Waals surface area (Å²) in [5.74, 6) is 0.474. The van der Waals surface area contributed by atoms with Crippen molar-refractivity contribution in [3.8, 4) is 0 Å². The number of nitrogens with zero attached hydrogens (tertiary/aromatic N) is 2. The van der Waals surface area contributed by atoms with Gasteiger partial charge in [-0.25, -0.2) is 4.98 Å². The molecule has 0 unspecified atom stereocenters. The van der Waals surface area contributed by atoms with Crippen LogP contribution in [0.1, 0.15) is 43.0 Å². The summed E-state index contributed by atoms with van der Waals surface area (Å²) in [6.07, 6.45) is 4.40. The lowest BCUT2D eigenvalue weighted by Crippen LogP contribution is -2.44. The van der Waals surface area contributed by atoms with Crippen LogP contribution in [0.2, 0.25) is 0 Å². The van der Waals surface area contributed by atoms with Crippen LogP contribution >= 0.6 is 23.1 Å². The van der Waals surface area contributed by atoms with E-state index in [1.54, 1.807) is 0 Å². The van der Waals surface area contributed by atoms with Crippen LogP contribution in [-0.4, -0.2) is 39.1 Å². The second-order valence-electron chi connectivity index (χ2n) is 6.27. The lowest BCUT2D eigenvalue weighted by atomic mass is 10.0. The molecular formula is C17H23N3O2S2. The number of H-pyrrole nitrogens is 1. The molecule has 5 nitrogen and oxygen atoms in total. The van der Waals surface area contributed by atoms with Crippen LogP contribution in [0, 0.1) is 13.8 Å². The van der Waals surface area contributed by atoms with Crippen LogP contribution < -0.4 is 5.56 Å². The molecule has 0 saturated carbocycles. The molecule has 7 heteroatoms. The molecule has 1 aliphatic rings. The van der Waals surface area contributed by atoms with Gasteiger partial charge in [0, 0.05) is 17.5 Å². The number of carbonyl (C=O) groups excluding carboxylic acids is 1. The number of piperidine rings is 1. The number of thioether (sulfide) groups is 1. The van der Waals surface area contributed by atoms with E-state index in [0.29, 0.717) is 22.3 Å². The van der Waals surface area contributed by atoms with E-state index < -0.39 is 0 Å². The minimum atomic E-state index is -0.110. The van der Waals surface area contributed by atoms with Gasteiger partial charge in [0.1, 0.15) is 4.83 Å². The fraction of sp³-hybridized carbons (Fsp3) is 0.588. The topological polar surface area (TPSA) is 66.1 Å². The first-order valence-corrected chi connectivity index (χ1v) is 10.2. The number of fused-ring (bicyclic) bond motifs is 1. The molecule has 0 aliphatic carbocycles. The minimum Gasteiger partial charge on any atom is -0.339 e. The van der Waals surface area contributed by atoms with E-state index in [1.807, 2.05) is 18.7 Å². The average Bonchev–Trinajstić information content (AvgIpc) is 2.87. The van der Waals surface area contributed by atoms with Crippen molar-refractivity contribution in [3.63, 3.8) is 0 Å². The van der Waals surface area contributed by atoms with Gasteiger partial charge in [0.15, 0.2) is 5.16 Å². The Morgan fingerprint density at radius 2 is 2.21 bits per heavy atom. The van der Waals surface area contributed by atoms with E-state index in [1.165, 1.54) is 29.5 Å². The molecule has 0 spiro atoms. The molecule has 1 amide bonds. The number of nitrogens with one attached hydrogen (secondary N) is 1. The van der Waals surface area contributed by atoms with E-state index >= 15 is 0 Å². The van der Waals surface area contributed by atoms with Crippen molar-refractivity contribution >= 4 is 39.2 Å². The normalized spacial score (nSPS) is 18.3. The van der Waals surface area contributed by atoms with Crippen molar-refractivity contribution in [1.29, 1.82) is 0 Å². The number of aromatic nitrogens is 2. The zero-order valence-electron chi connectivity index (χ0n) is 14.3. The molecule has 1 fully saturated rings. The number of carbonyl (C=O) groups is 1. The Morgan fingerprint density at radius 1 is 1.42 bits per heavy atom. The van der Waals surface area contributed by atoms with Gasteiger partial charge in [0.25, 0.3) is 5.56 Å². The van der Waals surface area contributed by atoms with Crippen LogP contribution in [0.4, 0.5) is 0 Å². The third-order valence-electron chi connectivity index (χ3n) is 4.77. The number of hydrogen-bond donors (Lipinski definition) is 1. The van der Waals surface area contributed by atoms with Crippen LogP contribution in [0.5, 0.6) is 0 Å². The fourth-order valence-electron chi connectivity index (χ4n) is 3.27. The molecule has 1 N–H and O–H groups in total. The molecular weight excluding hydrogens is 342 g/mol. The Kier molecular flexibility index (Phi) is 5.30. The highest BCUT2D eigenvalue weighted by molar-refractivity contribution is 7.99. The number of likely N-dealkylation sites (tertiary alicyclic amines) is 1. The van der Waals surface area contributed by atoms with Gasteiger partial charge in [-0.15, -0.1) is 11.3 Å². The summed E-state index contributed by atoms with van der Waals surface area (Å²) in [7, 11) is 0. The molecule has 2 aromatic heterocycles. The monoisotopic (exact) mass is 365 g/mol. The molecule has 0 aromatic carbocycles. The first-order valence-electron chi connectivity index (χ1n) is 8.43. The SMILES string of the molecule is CC[C@@H]1CCCCN1C(=O)CSc1nc2sc(C)c(C)c2c(=O)[nH]1. The number of aromatic amines is 1. The highest BCUT2D eigenvalue weighted by Gasteiger charge is 2.25. The maximum absolute atomic E-state index is 12.5. The van der Waals surface area contributed by atoms with Crippen molar-refractivity contribution in [2.24, 2.45) is 0 Å². The van der Waals surface area contributed by atoms with Gasteiger partial charge in [0.2, 0.25) is 5.91 Å². The Labute approximate surface area is 149 Å². The van der Waals surface area contributed by atoms with Crippen LogP contribution in [-0.2, 0) is 4.79 Å². The van der Waals surface area contributed by atoms with Gasteiger partial charge in [-0.2, -0.15) is 0 Å². The number of thiophene rings is 1. The number of rotatable bonds is 4. The van der Waals surface area contributed by atoms with Crippen molar-refractivity contribution < 1.29 is 4.79 Å². The second-order valence-corrected chi connectivity index (χ2v) is 8.44. The lowest BCUT2D eigenvalue weighted by molar-refractivity contribution is -0.132. The predicted molar refractivity (Wildman–Crippen MR) is 100 cm³/mol. The standard InChI is InChI=1S/C17H23N3O2S2/c1-4-12-7-5-6-8-20(12)13(21)9-23-17-18-15(22)14-10(2)11(3)24-16(14)19-17/h12H,4-9H2,1-3H3,(H,18,19,22)/t12-/m1/s1. The predicted octanol–water partition coefficient (Wildman–Crippen LogP) is 3.48. The molecule has 130 valence electrons. The first-order chi connectivity index (χ1) is 11.5. The van der Waals surface area contributed by atoms with Crippen molar-refractivity contribution in [2.45, 2.75) is 57.7 Å². The zero-order chi connectivity index (χ0) is 17.3. The van der Waals surface area contributed by atoms with Gasteiger partial charge < -0.3 is 9.88 Å². The molecule has 0 radical (unpaired) electrons. The van der Waals surface area contributed by atoms with Crippen molar-refractivity contribution in [3.05, 3.63) is 20.8 Å². The zero-order valence-corrected chi connectivity index (χ0v) is 16.0. The maximum atomic E-state index is 12.5. The van der Waals surface area contributed by atoms with Gasteiger partial charge in [-0.1, -0.05) is 18.7 Å². The third-order valence-corrected chi connectivity index (χ3v) is 6.73.